The van der Waals surface area contributed by atoms with Crippen LogP contribution in [0.15, 0.2) is 0 Å². The van der Waals surface area contributed by atoms with Crippen LogP contribution in [-0.2, 0) is 23.9 Å². The van der Waals surface area contributed by atoms with E-state index in [9.17, 15) is 24.0 Å². The van der Waals surface area contributed by atoms with Gasteiger partial charge in [-0.15, -0.1) is 0 Å². The Balaban J connectivity index is 1.86. The summed E-state index contributed by atoms with van der Waals surface area (Å²) in [6.07, 6.45) is 2.45. The fourth-order valence-corrected chi connectivity index (χ4v) is 5.61. The molecule has 1 aliphatic carbocycles. The van der Waals surface area contributed by atoms with Gasteiger partial charge in [0.05, 0.1) is 12.5 Å². The van der Waals surface area contributed by atoms with E-state index in [4.69, 9.17) is 4.74 Å². The first-order valence-electron chi connectivity index (χ1n) is 13.2. The van der Waals surface area contributed by atoms with Gasteiger partial charge >= 0.3 is 6.09 Å². The van der Waals surface area contributed by atoms with Crippen molar-refractivity contribution < 1.29 is 28.7 Å². The normalized spacial score (nSPS) is 26.2. The Labute approximate surface area is 219 Å². The second-order valence-electron chi connectivity index (χ2n) is 12.6. The standard InChI is InChI=1S/C26H43N5O6/c1-15(32)28-20(25(2,3)4)23(35)30-13-16-9-8-10-18(16)19(30)22(34)29-31(24(36)37-26(5,6)7)14-17-11-12-27-21(17)33/h16-20H,8-14H2,1-7H3,(H,27,33)(H,28,32)(H,29,34)/t16-,17-,18-,19-,20+/m0/s1. The Morgan fingerprint density at radius 2 is 1.78 bits per heavy atom. The van der Waals surface area contributed by atoms with Crippen LogP contribution in [0.5, 0.6) is 0 Å². The van der Waals surface area contributed by atoms with Gasteiger partial charge in [0.1, 0.15) is 17.7 Å². The number of likely N-dealkylation sites (tertiary alicyclic amines) is 1. The monoisotopic (exact) mass is 521 g/mol. The minimum absolute atomic E-state index is 0.0300. The molecule has 5 amide bonds. The molecule has 0 unspecified atom stereocenters. The number of carbonyl (C=O) groups is 5. The Hall–Kier alpha value is -2.85. The molecule has 2 aliphatic heterocycles. The molecule has 1 saturated carbocycles. The molecule has 3 aliphatic rings. The second kappa shape index (κ2) is 10.9. The Kier molecular flexibility index (Phi) is 8.44. The van der Waals surface area contributed by atoms with Crippen molar-refractivity contribution in [3.8, 4) is 0 Å². The third kappa shape index (κ3) is 6.93. The summed E-state index contributed by atoms with van der Waals surface area (Å²) in [6.45, 7) is 13.0. The summed E-state index contributed by atoms with van der Waals surface area (Å²) in [7, 11) is 0. The number of hydrogen-bond donors (Lipinski definition) is 3. The van der Waals surface area contributed by atoms with E-state index in [1.54, 1.807) is 25.7 Å². The third-order valence-electron chi connectivity index (χ3n) is 7.33. The number of rotatable bonds is 5. The van der Waals surface area contributed by atoms with Gasteiger partial charge in [0, 0.05) is 20.0 Å². The number of fused-ring (bicyclic) bond motifs is 1. The molecule has 2 saturated heterocycles. The summed E-state index contributed by atoms with van der Waals surface area (Å²) in [5.74, 6) is -1.64. The molecule has 2 heterocycles. The van der Waals surface area contributed by atoms with Gasteiger partial charge in [-0.2, -0.15) is 0 Å². The van der Waals surface area contributed by atoms with Crippen LogP contribution < -0.4 is 16.1 Å². The van der Waals surface area contributed by atoms with Crippen LogP contribution in [0.25, 0.3) is 0 Å². The van der Waals surface area contributed by atoms with Crippen molar-refractivity contribution in [3.63, 3.8) is 0 Å². The maximum atomic E-state index is 13.8. The molecule has 0 aromatic carbocycles. The van der Waals surface area contributed by atoms with Gasteiger partial charge in [0.2, 0.25) is 17.7 Å². The van der Waals surface area contributed by atoms with Crippen molar-refractivity contribution in [2.75, 3.05) is 19.6 Å². The molecule has 37 heavy (non-hydrogen) atoms. The lowest BCUT2D eigenvalue weighted by molar-refractivity contribution is -0.146. The van der Waals surface area contributed by atoms with Crippen molar-refractivity contribution in [3.05, 3.63) is 0 Å². The SMILES string of the molecule is CC(=O)N[C@H](C(=O)N1C[C@@H]2CCC[C@@H]2[C@H]1C(=O)NN(C[C@@H]1CCNC1=O)C(=O)OC(C)(C)C)C(C)(C)C. The lowest BCUT2D eigenvalue weighted by Crippen LogP contribution is -2.60. The predicted molar refractivity (Wildman–Crippen MR) is 136 cm³/mol. The molecule has 3 N–H and O–H groups in total. The van der Waals surface area contributed by atoms with Crippen LogP contribution in [0.4, 0.5) is 4.79 Å². The zero-order valence-corrected chi connectivity index (χ0v) is 23.2. The topological polar surface area (TPSA) is 137 Å². The van der Waals surface area contributed by atoms with Gasteiger partial charge in [-0.1, -0.05) is 27.2 Å². The molecule has 0 aromatic heterocycles. The average molecular weight is 522 g/mol. The quantitative estimate of drug-likeness (QED) is 0.470. The number of hydrogen-bond acceptors (Lipinski definition) is 6. The van der Waals surface area contributed by atoms with Crippen LogP contribution >= 0.6 is 0 Å². The van der Waals surface area contributed by atoms with Gasteiger partial charge in [0.15, 0.2) is 0 Å². The molecule has 0 bridgehead atoms. The highest BCUT2D eigenvalue weighted by Crippen LogP contribution is 2.43. The molecule has 208 valence electrons. The zero-order chi connectivity index (χ0) is 27.7. The van der Waals surface area contributed by atoms with E-state index < -0.39 is 41.0 Å². The van der Waals surface area contributed by atoms with E-state index in [0.717, 1.165) is 24.3 Å². The van der Waals surface area contributed by atoms with Gasteiger partial charge in [-0.3, -0.25) is 24.6 Å². The molecule has 11 heteroatoms. The number of ether oxygens (including phenoxy) is 1. The smallest absolute Gasteiger partial charge is 0.429 e. The fraction of sp³-hybridized carbons (Fsp3) is 0.808. The van der Waals surface area contributed by atoms with Gasteiger partial charge < -0.3 is 20.3 Å². The maximum Gasteiger partial charge on any atom is 0.429 e. The van der Waals surface area contributed by atoms with E-state index in [1.807, 2.05) is 20.8 Å². The highest BCUT2D eigenvalue weighted by atomic mass is 16.6. The molecule has 0 radical (unpaired) electrons. The number of nitrogens with zero attached hydrogens (tertiary/aromatic N) is 2. The van der Waals surface area contributed by atoms with Crippen molar-refractivity contribution in [2.45, 2.75) is 91.8 Å². The van der Waals surface area contributed by atoms with E-state index >= 15 is 0 Å². The van der Waals surface area contributed by atoms with E-state index in [1.165, 1.54) is 6.92 Å². The largest absolute Gasteiger partial charge is 0.442 e. The first kappa shape index (κ1) is 28.7. The number of nitrogens with one attached hydrogen (secondary N) is 3. The fourth-order valence-electron chi connectivity index (χ4n) is 5.61. The molecular formula is C26H43N5O6. The summed E-state index contributed by atoms with van der Waals surface area (Å²) in [5.41, 5.74) is 1.33. The molecule has 0 spiro atoms. The van der Waals surface area contributed by atoms with Gasteiger partial charge in [-0.25, -0.2) is 9.80 Å². The zero-order valence-electron chi connectivity index (χ0n) is 23.2. The lowest BCUT2D eigenvalue weighted by Gasteiger charge is -2.37. The molecule has 3 fully saturated rings. The van der Waals surface area contributed by atoms with Crippen LogP contribution in [-0.4, -0.2) is 76.9 Å². The molecular weight excluding hydrogens is 478 g/mol. The minimum Gasteiger partial charge on any atom is -0.442 e. The van der Waals surface area contributed by atoms with Crippen LogP contribution in [0, 0.1) is 23.2 Å². The summed E-state index contributed by atoms with van der Waals surface area (Å²) >= 11 is 0. The van der Waals surface area contributed by atoms with Crippen LogP contribution in [0.2, 0.25) is 0 Å². The predicted octanol–water partition coefficient (Wildman–Crippen LogP) is 1.57. The summed E-state index contributed by atoms with van der Waals surface area (Å²) < 4.78 is 5.51. The summed E-state index contributed by atoms with van der Waals surface area (Å²) in [6, 6.07) is -1.59. The molecule has 3 rings (SSSR count). The lowest BCUT2D eigenvalue weighted by atomic mass is 9.85. The van der Waals surface area contributed by atoms with Gasteiger partial charge in [-0.05, 0) is 57.3 Å². The first-order chi connectivity index (χ1) is 17.1. The first-order valence-corrected chi connectivity index (χ1v) is 13.2. The minimum atomic E-state index is -0.803. The highest BCUT2D eigenvalue weighted by Gasteiger charge is 2.52. The van der Waals surface area contributed by atoms with Gasteiger partial charge in [0.25, 0.3) is 5.91 Å². The number of carbonyl (C=O) groups excluding carboxylic acids is 5. The van der Waals surface area contributed by atoms with Crippen molar-refractivity contribution in [1.82, 2.24) is 26.0 Å². The number of amides is 5. The van der Waals surface area contributed by atoms with Crippen LogP contribution in [0.3, 0.4) is 0 Å². The molecule has 0 aromatic rings. The van der Waals surface area contributed by atoms with Crippen molar-refractivity contribution in [2.24, 2.45) is 23.2 Å². The van der Waals surface area contributed by atoms with Crippen molar-refractivity contribution in [1.29, 1.82) is 0 Å². The van der Waals surface area contributed by atoms with E-state index in [0.29, 0.717) is 19.5 Å². The number of hydrazine groups is 1. The average Bonchev–Trinajstić information content (AvgIpc) is 3.45. The Morgan fingerprint density at radius 1 is 1.11 bits per heavy atom. The highest BCUT2D eigenvalue weighted by molar-refractivity contribution is 5.93. The summed E-state index contributed by atoms with van der Waals surface area (Å²) in [5, 5.41) is 6.59. The molecule has 5 atom stereocenters. The van der Waals surface area contributed by atoms with Crippen molar-refractivity contribution >= 4 is 29.7 Å². The Bertz CT molecular complexity index is 923. The third-order valence-corrected chi connectivity index (χ3v) is 7.33. The Morgan fingerprint density at radius 3 is 2.32 bits per heavy atom. The van der Waals surface area contributed by atoms with E-state index in [-0.39, 0.29) is 36.1 Å². The summed E-state index contributed by atoms with van der Waals surface area (Å²) in [4.78, 5) is 66.3. The van der Waals surface area contributed by atoms with Crippen LogP contribution in [0.1, 0.15) is 74.1 Å². The van der Waals surface area contributed by atoms with E-state index in [2.05, 4.69) is 16.1 Å². The maximum absolute atomic E-state index is 13.8. The second-order valence-corrected chi connectivity index (χ2v) is 12.6. The molecule has 11 nitrogen and oxygen atoms in total.